The molecule has 0 radical (unpaired) electrons. The highest BCUT2D eigenvalue weighted by Gasteiger charge is 2.28. The Labute approximate surface area is 125 Å². The van der Waals surface area contributed by atoms with Crippen molar-refractivity contribution in [2.75, 3.05) is 0 Å². The van der Waals surface area contributed by atoms with Crippen LogP contribution in [0.3, 0.4) is 0 Å². The van der Waals surface area contributed by atoms with Crippen LogP contribution in [-0.4, -0.2) is 0 Å². The molecule has 0 aliphatic heterocycles. The van der Waals surface area contributed by atoms with Crippen molar-refractivity contribution in [1.29, 1.82) is 0 Å². The molecule has 1 aromatic rings. The first-order chi connectivity index (χ1) is 9.49. The largest absolute Gasteiger partial charge is 0.0859 e. The first-order valence-corrected chi connectivity index (χ1v) is 8.23. The molecule has 0 saturated heterocycles. The van der Waals surface area contributed by atoms with Crippen LogP contribution >= 0.6 is 0 Å². The third-order valence-electron chi connectivity index (χ3n) is 4.94. The fourth-order valence-electron chi connectivity index (χ4n) is 3.63. The first-order valence-electron chi connectivity index (χ1n) is 8.23. The Morgan fingerprint density at radius 3 is 2.70 bits per heavy atom. The summed E-state index contributed by atoms with van der Waals surface area (Å²) in [6.45, 7) is 11.5. The van der Waals surface area contributed by atoms with Gasteiger partial charge in [0.05, 0.1) is 0 Å². The van der Waals surface area contributed by atoms with Gasteiger partial charge in [-0.25, -0.2) is 0 Å². The Balaban J connectivity index is 2.15. The molecule has 1 aromatic carbocycles. The second-order valence-corrected chi connectivity index (χ2v) is 7.05. The molecule has 0 heterocycles. The average molecular weight is 270 g/mol. The summed E-state index contributed by atoms with van der Waals surface area (Å²) >= 11 is 0. The predicted molar refractivity (Wildman–Crippen MR) is 89.4 cm³/mol. The summed E-state index contributed by atoms with van der Waals surface area (Å²) in [5, 5.41) is 0. The smallest absolute Gasteiger partial charge is 0.0133 e. The highest BCUT2D eigenvalue weighted by atomic mass is 14.3. The molecule has 2 rings (SSSR count). The van der Waals surface area contributed by atoms with Crippen LogP contribution in [0.15, 0.2) is 29.8 Å². The van der Waals surface area contributed by atoms with Crippen LogP contribution in [0, 0.1) is 12.8 Å². The molecule has 0 N–H and O–H groups in total. The van der Waals surface area contributed by atoms with Crippen LogP contribution in [0.5, 0.6) is 0 Å². The maximum atomic E-state index is 2.45. The molecule has 1 aliphatic carbocycles. The van der Waals surface area contributed by atoms with Gasteiger partial charge in [-0.1, -0.05) is 49.3 Å². The van der Waals surface area contributed by atoms with Crippen molar-refractivity contribution in [1.82, 2.24) is 0 Å². The van der Waals surface area contributed by atoms with Gasteiger partial charge in [-0.05, 0) is 75.3 Å². The number of fused-ring (bicyclic) bond motifs is 1. The van der Waals surface area contributed by atoms with Crippen LogP contribution in [-0.2, 0) is 0 Å². The molecule has 0 aromatic heterocycles. The molecule has 0 saturated carbocycles. The second-order valence-electron chi connectivity index (χ2n) is 7.05. The molecular formula is C20H30. The summed E-state index contributed by atoms with van der Waals surface area (Å²) in [5.74, 6) is 2.30. The third-order valence-corrected chi connectivity index (χ3v) is 4.94. The van der Waals surface area contributed by atoms with Gasteiger partial charge in [0.15, 0.2) is 0 Å². The number of allylic oxidation sites excluding steroid dienone is 2. The van der Waals surface area contributed by atoms with Crippen molar-refractivity contribution in [2.24, 2.45) is 5.92 Å². The summed E-state index contributed by atoms with van der Waals surface area (Å²) in [5.41, 5.74) is 6.12. The monoisotopic (exact) mass is 270 g/mol. The number of benzene rings is 1. The van der Waals surface area contributed by atoms with Crippen molar-refractivity contribution >= 4 is 0 Å². The second kappa shape index (κ2) is 6.61. The zero-order valence-corrected chi connectivity index (χ0v) is 13.9. The van der Waals surface area contributed by atoms with E-state index in [0.29, 0.717) is 0 Å². The van der Waals surface area contributed by atoms with E-state index < -0.39 is 0 Å². The van der Waals surface area contributed by atoms with Crippen LogP contribution in [0.25, 0.3) is 0 Å². The summed E-state index contributed by atoms with van der Waals surface area (Å²) in [6, 6.07) is 7.11. The van der Waals surface area contributed by atoms with Gasteiger partial charge in [-0.3, -0.25) is 0 Å². The van der Waals surface area contributed by atoms with E-state index in [-0.39, 0.29) is 0 Å². The van der Waals surface area contributed by atoms with Gasteiger partial charge in [0.2, 0.25) is 0 Å². The fraction of sp³-hybridized carbons (Fsp3) is 0.600. The highest BCUT2D eigenvalue weighted by Crippen LogP contribution is 2.43. The van der Waals surface area contributed by atoms with Gasteiger partial charge in [0.25, 0.3) is 0 Å². The molecule has 1 aliphatic rings. The SMILES string of the molecule is CC(C)=CCC[C@@H](C)[C@H]1CC[C@H](C)c2ccc(C)cc21. The predicted octanol–water partition coefficient (Wildman–Crippen LogP) is 6.36. The minimum Gasteiger partial charge on any atom is -0.0859 e. The molecule has 0 amide bonds. The van der Waals surface area contributed by atoms with E-state index in [9.17, 15) is 0 Å². The Hall–Kier alpha value is -1.04. The van der Waals surface area contributed by atoms with Crippen molar-refractivity contribution in [3.8, 4) is 0 Å². The summed E-state index contributed by atoms with van der Waals surface area (Å²) in [6.07, 6.45) is 7.66. The maximum Gasteiger partial charge on any atom is -0.0133 e. The van der Waals surface area contributed by atoms with Crippen LogP contribution in [0.2, 0.25) is 0 Å². The van der Waals surface area contributed by atoms with Gasteiger partial charge in [0, 0.05) is 0 Å². The van der Waals surface area contributed by atoms with Crippen LogP contribution in [0.1, 0.15) is 81.9 Å². The summed E-state index contributed by atoms with van der Waals surface area (Å²) < 4.78 is 0. The average Bonchev–Trinajstić information content (AvgIpc) is 2.38. The molecule has 0 heteroatoms. The topological polar surface area (TPSA) is 0 Å². The van der Waals surface area contributed by atoms with Crippen molar-refractivity contribution in [3.05, 3.63) is 46.5 Å². The van der Waals surface area contributed by atoms with Crippen LogP contribution < -0.4 is 0 Å². The third kappa shape index (κ3) is 3.53. The van der Waals surface area contributed by atoms with E-state index in [1.54, 1.807) is 11.1 Å². The summed E-state index contributed by atoms with van der Waals surface area (Å²) in [7, 11) is 0. The van der Waals surface area contributed by atoms with Crippen molar-refractivity contribution in [3.63, 3.8) is 0 Å². The van der Waals surface area contributed by atoms with Gasteiger partial charge >= 0.3 is 0 Å². The number of hydrogen-bond donors (Lipinski definition) is 0. The summed E-state index contributed by atoms with van der Waals surface area (Å²) in [4.78, 5) is 0. The Kier molecular flexibility index (Phi) is 5.07. The van der Waals surface area contributed by atoms with E-state index >= 15 is 0 Å². The zero-order valence-electron chi connectivity index (χ0n) is 13.9. The van der Waals surface area contributed by atoms with E-state index in [1.165, 1.54) is 36.8 Å². The van der Waals surface area contributed by atoms with Gasteiger partial charge in [-0.2, -0.15) is 0 Å². The first kappa shape index (κ1) is 15.4. The molecule has 0 spiro atoms. The number of rotatable bonds is 4. The van der Waals surface area contributed by atoms with E-state index in [1.807, 2.05) is 0 Å². The van der Waals surface area contributed by atoms with Crippen LogP contribution in [0.4, 0.5) is 0 Å². The van der Waals surface area contributed by atoms with E-state index in [0.717, 1.165) is 17.8 Å². The Bertz CT molecular complexity index is 477. The number of aryl methyl sites for hydroxylation is 1. The lowest BCUT2D eigenvalue weighted by Gasteiger charge is -2.34. The minimum atomic E-state index is 0.742. The number of hydrogen-bond acceptors (Lipinski definition) is 0. The fourth-order valence-corrected chi connectivity index (χ4v) is 3.63. The van der Waals surface area contributed by atoms with Gasteiger partial charge in [-0.15, -0.1) is 0 Å². The van der Waals surface area contributed by atoms with E-state index in [2.05, 4.69) is 58.9 Å². The van der Waals surface area contributed by atoms with Gasteiger partial charge < -0.3 is 0 Å². The molecule has 110 valence electrons. The lowest BCUT2D eigenvalue weighted by atomic mass is 9.71. The normalized spacial score (nSPS) is 23.1. The lowest BCUT2D eigenvalue weighted by molar-refractivity contribution is 0.370. The molecule has 3 atom stereocenters. The Morgan fingerprint density at radius 2 is 2.00 bits per heavy atom. The molecular weight excluding hydrogens is 240 g/mol. The lowest BCUT2D eigenvalue weighted by Crippen LogP contribution is -2.18. The minimum absolute atomic E-state index is 0.742. The van der Waals surface area contributed by atoms with Crippen molar-refractivity contribution < 1.29 is 0 Å². The maximum absolute atomic E-state index is 2.45. The molecule has 0 unspecified atom stereocenters. The Morgan fingerprint density at radius 1 is 1.25 bits per heavy atom. The van der Waals surface area contributed by atoms with E-state index in [4.69, 9.17) is 0 Å². The highest BCUT2D eigenvalue weighted by molar-refractivity contribution is 5.38. The standard InChI is InChI=1S/C20H30/c1-14(2)7-6-8-16(4)19-12-10-17(5)18-11-9-15(3)13-20(18)19/h7,9,11,13,16-17,19H,6,8,10,12H2,1-5H3/t16-,17+,19-/m1/s1. The molecule has 20 heavy (non-hydrogen) atoms. The van der Waals surface area contributed by atoms with Crippen molar-refractivity contribution in [2.45, 2.75) is 72.1 Å². The molecule has 0 nitrogen and oxygen atoms in total. The molecule has 0 bridgehead atoms. The van der Waals surface area contributed by atoms with Gasteiger partial charge in [0.1, 0.15) is 0 Å². The zero-order chi connectivity index (χ0) is 14.7. The molecule has 0 fully saturated rings. The quantitative estimate of drug-likeness (QED) is 0.558.